The van der Waals surface area contributed by atoms with Crippen LogP contribution < -0.4 is 34.4 Å². The number of carboxylic acid groups (broad SMARTS) is 3. The van der Waals surface area contributed by atoms with Crippen LogP contribution in [-0.4, -0.2) is 69.8 Å². The van der Waals surface area contributed by atoms with Crippen LogP contribution in [0, 0.1) is 0 Å². The minimum absolute atomic E-state index is 0.0129. The van der Waals surface area contributed by atoms with E-state index in [0.717, 1.165) is 0 Å². The summed E-state index contributed by atoms with van der Waals surface area (Å²) in [6.07, 6.45) is 0.646. The standard InChI is InChI=1S/C6H14N4O2.C4H8N2O3.C3H7NO2/c7-4(5(11)12)2-1-3-10-6(8)9;5-2(4(8)9)1-3(6)7;1-2(4)3(5)6/h4H,1-3,7H2,(H,11,12)(H4,8,9,10);2H,1,5H2,(H2,6,7)(H,8,9);2H,4H2,1H3,(H,5,6). The minimum atomic E-state index is -1.21. The van der Waals surface area contributed by atoms with Crippen LogP contribution in [0.2, 0.25) is 0 Å². The summed E-state index contributed by atoms with van der Waals surface area (Å²) in [4.78, 5) is 43.4. The van der Waals surface area contributed by atoms with Gasteiger partial charge in [0.25, 0.3) is 0 Å². The highest BCUT2D eigenvalue weighted by Gasteiger charge is 2.13. The zero-order chi connectivity index (χ0) is 22.2. The highest BCUT2D eigenvalue weighted by Crippen LogP contribution is 1.94. The lowest BCUT2D eigenvalue weighted by atomic mass is 10.2. The summed E-state index contributed by atoms with van der Waals surface area (Å²) in [7, 11) is 0. The Hall–Kier alpha value is -2.97. The lowest BCUT2D eigenvalue weighted by Gasteiger charge is -2.03. The quantitative estimate of drug-likeness (QED) is 0.103. The number of carboxylic acids is 3. The first-order chi connectivity index (χ1) is 12.2. The first-order valence-electron chi connectivity index (χ1n) is 7.51. The van der Waals surface area contributed by atoms with Crippen molar-refractivity contribution in [2.24, 2.45) is 39.4 Å². The molecular weight excluding hydrogens is 366 g/mol. The van der Waals surface area contributed by atoms with E-state index in [2.05, 4.69) is 10.7 Å². The average molecular weight is 395 g/mol. The zero-order valence-corrected chi connectivity index (χ0v) is 14.9. The summed E-state index contributed by atoms with van der Waals surface area (Å²) in [5.74, 6) is -3.87. The number of nitrogens with zero attached hydrogens (tertiary/aromatic N) is 1. The molecule has 3 atom stereocenters. The molecule has 0 aliphatic heterocycles. The molecule has 158 valence electrons. The molecule has 15 N–H and O–H groups in total. The van der Waals surface area contributed by atoms with Crippen LogP contribution in [-0.2, 0) is 19.2 Å². The van der Waals surface area contributed by atoms with Gasteiger partial charge in [-0.3, -0.25) is 24.2 Å². The largest absolute Gasteiger partial charge is 0.480 e. The third kappa shape index (κ3) is 25.4. The molecule has 0 heterocycles. The van der Waals surface area contributed by atoms with E-state index in [1.54, 1.807) is 0 Å². The van der Waals surface area contributed by atoms with Gasteiger partial charge in [0.2, 0.25) is 5.91 Å². The van der Waals surface area contributed by atoms with Gasteiger partial charge in [0.1, 0.15) is 18.1 Å². The molecule has 0 aromatic carbocycles. The highest BCUT2D eigenvalue weighted by molar-refractivity contribution is 5.83. The molecule has 0 saturated carbocycles. The van der Waals surface area contributed by atoms with Crippen LogP contribution in [0.15, 0.2) is 4.99 Å². The predicted molar refractivity (Wildman–Crippen MR) is 96.2 cm³/mol. The number of amides is 1. The lowest BCUT2D eigenvalue weighted by Crippen LogP contribution is -2.34. The van der Waals surface area contributed by atoms with E-state index < -0.39 is 41.9 Å². The van der Waals surface area contributed by atoms with Crippen molar-refractivity contribution >= 4 is 29.8 Å². The van der Waals surface area contributed by atoms with Gasteiger partial charge in [-0.15, -0.1) is 0 Å². The molecule has 27 heavy (non-hydrogen) atoms. The number of guanidine groups is 1. The Kier molecular flexibility index (Phi) is 17.6. The zero-order valence-electron chi connectivity index (χ0n) is 14.9. The van der Waals surface area contributed by atoms with Gasteiger partial charge in [-0.05, 0) is 19.8 Å². The topological polar surface area (TPSA) is 297 Å². The van der Waals surface area contributed by atoms with Crippen LogP contribution in [0.1, 0.15) is 26.2 Å². The van der Waals surface area contributed by atoms with Crippen molar-refractivity contribution in [1.29, 1.82) is 0 Å². The summed E-state index contributed by atoms with van der Waals surface area (Å²) in [5, 5.41) is 24.3. The van der Waals surface area contributed by atoms with Crippen LogP contribution in [0.25, 0.3) is 0 Å². The Morgan fingerprint density at radius 3 is 1.48 bits per heavy atom. The Bertz CT molecular complexity index is 507. The van der Waals surface area contributed by atoms with Crippen molar-refractivity contribution in [3.05, 3.63) is 0 Å². The number of carbonyl (C=O) groups is 4. The lowest BCUT2D eigenvalue weighted by molar-refractivity contribution is -0.140. The molecule has 0 spiro atoms. The summed E-state index contributed by atoms with van der Waals surface area (Å²) < 4.78 is 0. The second kappa shape index (κ2) is 16.5. The predicted octanol–water partition coefficient (Wildman–Crippen LogP) is -3.86. The molecule has 3 unspecified atom stereocenters. The van der Waals surface area contributed by atoms with Gasteiger partial charge in [-0.1, -0.05) is 0 Å². The van der Waals surface area contributed by atoms with Crippen molar-refractivity contribution in [2.75, 3.05) is 6.54 Å². The number of aliphatic carboxylic acids is 3. The molecule has 0 rings (SSSR count). The molecule has 1 amide bonds. The fourth-order valence-electron chi connectivity index (χ4n) is 0.947. The SMILES string of the molecule is CC(N)C(=O)O.NC(=O)CC(N)C(=O)O.NC(N)=NCCCC(N)C(=O)O. The molecule has 14 nitrogen and oxygen atoms in total. The van der Waals surface area contributed by atoms with E-state index in [1.165, 1.54) is 6.92 Å². The van der Waals surface area contributed by atoms with Gasteiger partial charge in [0.05, 0.1) is 6.42 Å². The Balaban J connectivity index is -0.000000340. The van der Waals surface area contributed by atoms with Crippen molar-refractivity contribution in [2.45, 2.75) is 44.3 Å². The third-order valence-electron chi connectivity index (χ3n) is 2.41. The molecule has 0 aliphatic carbocycles. The van der Waals surface area contributed by atoms with Gasteiger partial charge >= 0.3 is 17.9 Å². The Morgan fingerprint density at radius 1 is 0.852 bits per heavy atom. The first-order valence-corrected chi connectivity index (χ1v) is 7.51. The van der Waals surface area contributed by atoms with Crippen molar-refractivity contribution in [3.63, 3.8) is 0 Å². The maximum Gasteiger partial charge on any atom is 0.321 e. The second-order valence-corrected chi connectivity index (χ2v) is 5.14. The van der Waals surface area contributed by atoms with Gasteiger partial charge in [0.15, 0.2) is 5.96 Å². The minimum Gasteiger partial charge on any atom is -0.480 e. The number of aliphatic imine (C=N–C) groups is 1. The Morgan fingerprint density at radius 2 is 1.26 bits per heavy atom. The molecule has 14 heteroatoms. The summed E-state index contributed by atoms with van der Waals surface area (Å²) in [6, 6.07) is -2.72. The van der Waals surface area contributed by atoms with E-state index >= 15 is 0 Å². The van der Waals surface area contributed by atoms with E-state index in [4.69, 9.17) is 44.0 Å². The van der Waals surface area contributed by atoms with Crippen molar-refractivity contribution in [1.82, 2.24) is 0 Å². The fourth-order valence-corrected chi connectivity index (χ4v) is 0.947. The number of hydrogen-bond acceptors (Lipinski definition) is 8. The molecule has 0 fully saturated rings. The number of hydrogen-bond donors (Lipinski definition) is 9. The average Bonchev–Trinajstić information content (AvgIpc) is 2.51. The first kappa shape index (κ1) is 28.8. The van der Waals surface area contributed by atoms with Crippen LogP contribution >= 0.6 is 0 Å². The molecular formula is C13H29N7O7. The number of carbonyl (C=O) groups excluding carboxylic acids is 1. The molecule has 0 radical (unpaired) electrons. The fraction of sp³-hybridized carbons (Fsp3) is 0.615. The summed E-state index contributed by atoms with van der Waals surface area (Å²) in [6.45, 7) is 1.84. The summed E-state index contributed by atoms with van der Waals surface area (Å²) in [5.41, 5.74) is 29.7. The molecule has 0 aliphatic rings. The number of nitrogens with two attached hydrogens (primary N) is 6. The monoisotopic (exact) mass is 395 g/mol. The van der Waals surface area contributed by atoms with Gasteiger partial charge in [0, 0.05) is 6.54 Å². The molecule has 0 aromatic rings. The maximum atomic E-state index is 10.2. The second-order valence-electron chi connectivity index (χ2n) is 5.14. The van der Waals surface area contributed by atoms with E-state index in [0.29, 0.717) is 19.4 Å². The maximum absolute atomic E-state index is 10.2. The smallest absolute Gasteiger partial charge is 0.321 e. The van der Waals surface area contributed by atoms with Crippen molar-refractivity contribution in [3.8, 4) is 0 Å². The van der Waals surface area contributed by atoms with Gasteiger partial charge in [-0.25, -0.2) is 0 Å². The highest BCUT2D eigenvalue weighted by atomic mass is 16.4. The Labute approximate surface area is 155 Å². The molecule has 0 bridgehead atoms. The summed E-state index contributed by atoms with van der Waals surface area (Å²) >= 11 is 0. The number of rotatable bonds is 9. The van der Waals surface area contributed by atoms with Crippen LogP contribution in [0.4, 0.5) is 0 Å². The van der Waals surface area contributed by atoms with Gasteiger partial charge < -0.3 is 49.7 Å². The van der Waals surface area contributed by atoms with Crippen molar-refractivity contribution < 1.29 is 34.5 Å². The van der Waals surface area contributed by atoms with Gasteiger partial charge in [-0.2, -0.15) is 0 Å². The molecule has 0 aromatic heterocycles. The van der Waals surface area contributed by atoms with Crippen LogP contribution in [0.5, 0.6) is 0 Å². The van der Waals surface area contributed by atoms with E-state index in [1.807, 2.05) is 0 Å². The van der Waals surface area contributed by atoms with Crippen LogP contribution in [0.3, 0.4) is 0 Å². The number of primary amides is 1. The molecule has 0 saturated heterocycles. The third-order valence-corrected chi connectivity index (χ3v) is 2.41. The normalized spacial score (nSPS) is 12.6. The van der Waals surface area contributed by atoms with E-state index in [-0.39, 0.29) is 12.4 Å². The van der Waals surface area contributed by atoms with E-state index in [9.17, 15) is 19.2 Å².